The minimum absolute atomic E-state index is 0.0456. The number of phosphoric acid groups is 1. The molecule has 0 spiro atoms. The molecule has 2 atom stereocenters. The quantitative estimate of drug-likeness (QED) is 0.0267. The fourth-order valence-electron chi connectivity index (χ4n) is 5.77. The van der Waals surface area contributed by atoms with Crippen LogP contribution in [0.25, 0.3) is 0 Å². The van der Waals surface area contributed by atoms with Crippen molar-refractivity contribution in [3.8, 4) is 0 Å². The number of nitrogens with two attached hydrogens (primary N) is 1. The summed E-state index contributed by atoms with van der Waals surface area (Å²) in [6.07, 6.45) is 52.1. The lowest BCUT2D eigenvalue weighted by Gasteiger charge is -2.19. The Labute approximate surface area is 348 Å². The molecule has 9 nitrogen and oxygen atoms in total. The fourth-order valence-corrected chi connectivity index (χ4v) is 6.54. The first-order chi connectivity index (χ1) is 27.8. The molecule has 2 unspecified atom stereocenters. The topological polar surface area (TPSA) is 134 Å². The molecule has 57 heavy (non-hydrogen) atoms. The first-order valence-corrected chi connectivity index (χ1v) is 23.9. The van der Waals surface area contributed by atoms with Gasteiger partial charge in [-0.2, -0.15) is 0 Å². The van der Waals surface area contributed by atoms with E-state index in [-0.39, 0.29) is 32.6 Å². The maximum Gasteiger partial charge on any atom is 0.472 e. The van der Waals surface area contributed by atoms with Crippen molar-refractivity contribution in [1.82, 2.24) is 0 Å². The molecule has 0 radical (unpaired) electrons. The molecular formula is C47H82NO8P. The first-order valence-electron chi connectivity index (χ1n) is 22.4. The van der Waals surface area contributed by atoms with E-state index < -0.39 is 32.5 Å². The second-order valence-corrected chi connectivity index (χ2v) is 16.0. The summed E-state index contributed by atoms with van der Waals surface area (Å²) in [5.41, 5.74) is 5.35. The fraction of sp³-hybridized carbons (Fsp3) is 0.702. The molecule has 0 saturated carbocycles. The number of allylic oxidation sites excluding steroid dienone is 12. The van der Waals surface area contributed by atoms with Crippen LogP contribution in [0.3, 0.4) is 0 Å². The number of carbonyl (C=O) groups excluding carboxylic acids is 2. The maximum absolute atomic E-state index is 12.6. The van der Waals surface area contributed by atoms with E-state index in [0.717, 1.165) is 83.5 Å². The third-order valence-corrected chi connectivity index (χ3v) is 10.1. The van der Waals surface area contributed by atoms with Crippen LogP contribution in [-0.2, 0) is 32.7 Å². The zero-order valence-corrected chi connectivity index (χ0v) is 36.9. The molecule has 0 heterocycles. The molecule has 0 amide bonds. The van der Waals surface area contributed by atoms with Crippen LogP contribution in [0, 0.1) is 0 Å². The smallest absolute Gasteiger partial charge is 0.462 e. The van der Waals surface area contributed by atoms with Gasteiger partial charge in [-0.15, -0.1) is 0 Å². The number of unbranched alkanes of at least 4 members (excludes halogenated alkanes) is 16. The zero-order valence-electron chi connectivity index (χ0n) is 36.0. The lowest BCUT2D eigenvalue weighted by Crippen LogP contribution is -2.29. The van der Waals surface area contributed by atoms with Crippen molar-refractivity contribution in [2.75, 3.05) is 26.4 Å². The van der Waals surface area contributed by atoms with Gasteiger partial charge in [0.15, 0.2) is 6.10 Å². The first kappa shape index (κ1) is 54.5. The molecule has 0 bridgehead atoms. The summed E-state index contributed by atoms with van der Waals surface area (Å²) in [7, 11) is -4.39. The molecular weight excluding hydrogens is 737 g/mol. The van der Waals surface area contributed by atoms with E-state index in [0.29, 0.717) is 12.8 Å². The Morgan fingerprint density at radius 3 is 1.44 bits per heavy atom. The van der Waals surface area contributed by atoms with Crippen molar-refractivity contribution in [3.05, 3.63) is 72.9 Å². The predicted octanol–water partition coefficient (Wildman–Crippen LogP) is 13.1. The molecule has 0 aliphatic rings. The van der Waals surface area contributed by atoms with Crippen molar-refractivity contribution in [2.45, 2.75) is 187 Å². The van der Waals surface area contributed by atoms with E-state index in [9.17, 15) is 19.0 Å². The van der Waals surface area contributed by atoms with Crippen molar-refractivity contribution >= 4 is 19.8 Å². The summed E-state index contributed by atoms with van der Waals surface area (Å²) in [5.74, 6) is -0.865. The van der Waals surface area contributed by atoms with Crippen LogP contribution in [0.5, 0.6) is 0 Å². The summed E-state index contributed by atoms with van der Waals surface area (Å²) in [5, 5.41) is 0. The standard InChI is InChI=1S/C47H82NO8P/c1-3-5-7-9-11-13-15-17-19-21-22-24-26-28-30-32-34-36-38-40-47(50)56-45(44-55-57(51,52)54-42-41-48)43-53-46(49)39-37-35-33-31-29-27-25-23-20-18-16-14-12-10-8-6-4-2/h6,8,11-14,17-20,25,27,45H,3-5,7,9-10,15-16,21-24,26,28-44,48H2,1-2H3,(H,51,52). The van der Waals surface area contributed by atoms with Crippen LogP contribution < -0.4 is 5.73 Å². The van der Waals surface area contributed by atoms with E-state index in [2.05, 4.69) is 86.8 Å². The van der Waals surface area contributed by atoms with Crippen LogP contribution in [0.1, 0.15) is 181 Å². The van der Waals surface area contributed by atoms with Crippen LogP contribution in [0.2, 0.25) is 0 Å². The summed E-state index contributed by atoms with van der Waals surface area (Å²) in [6.45, 7) is 3.55. The van der Waals surface area contributed by atoms with Crippen molar-refractivity contribution in [2.24, 2.45) is 5.73 Å². The maximum atomic E-state index is 12.6. The number of ether oxygens (including phenoxy) is 2. The number of esters is 2. The molecule has 0 aromatic carbocycles. The molecule has 0 saturated heterocycles. The highest BCUT2D eigenvalue weighted by atomic mass is 31.2. The van der Waals surface area contributed by atoms with E-state index in [4.69, 9.17) is 24.3 Å². The molecule has 0 aliphatic carbocycles. The normalized spacial score (nSPS) is 14.0. The van der Waals surface area contributed by atoms with Crippen LogP contribution in [0.15, 0.2) is 72.9 Å². The van der Waals surface area contributed by atoms with Crippen LogP contribution in [-0.4, -0.2) is 49.3 Å². The van der Waals surface area contributed by atoms with Gasteiger partial charge in [-0.05, 0) is 83.5 Å². The Bertz CT molecular complexity index is 1160. The number of phosphoric ester groups is 1. The Kier molecular flexibility index (Phi) is 41.1. The number of hydrogen-bond acceptors (Lipinski definition) is 8. The Hall–Kier alpha value is -2.55. The van der Waals surface area contributed by atoms with Gasteiger partial charge in [-0.1, -0.05) is 157 Å². The van der Waals surface area contributed by atoms with Gasteiger partial charge in [0, 0.05) is 19.4 Å². The third kappa shape index (κ3) is 42.9. The Balaban J connectivity index is 4.19. The number of hydrogen-bond donors (Lipinski definition) is 2. The van der Waals surface area contributed by atoms with Gasteiger partial charge in [0.1, 0.15) is 6.61 Å². The van der Waals surface area contributed by atoms with Gasteiger partial charge in [-0.25, -0.2) is 4.57 Å². The van der Waals surface area contributed by atoms with Crippen molar-refractivity contribution < 1.29 is 37.6 Å². The summed E-state index contributed by atoms with van der Waals surface area (Å²) >= 11 is 0. The molecule has 10 heteroatoms. The van der Waals surface area contributed by atoms with E-state index in [1.807, 2.05) is 0 Å². The van der Waals surface area contributed by atoms with E-state index in [1.54, 1.807) is 0 Å². The monoisotopic (exact) mass is 820 g/mol. The number of carbonyl (C=O) groups is 2. The minimum atomic E-state index is -4.39. The predicted molar refractivity (Wildman–Crippen MR) is 238 cm³/mol. The van der Waals surface area contributed by atoms with Crippen molar-refractivity contribution in [3.63, 3.8) is 0 Å². The van der Waals surface area contributed by atoms with E-state index >= 15 is 0 Å². The second-order valence-electron chi connectivity index (χ2n) is 14.5. The molecule has 0 aromatic heterocycles. The molecule has 0 fully saturated rings. The number of rotatable bonds is 41. The average molecular weight is 820 g/mol. The van der Waals surface area contributed by atoms with Gasteiger partial charge >= 0.3 is 19.8 Å². The van der Waals surface area contributed by atoms with Gasteiger partial charge in [0.2, 0.25) is 0 Å². The third-order valence-electron chi connectivity index (χ3n) is 9.08. The SMILES string of the molecule is CCC=CCC=CCC=CCC=CCCCCCCC(=O)OCC(COP(=O)(O)OCCN)OC(=O)CCCCCCCCCCCC=CCC=CCCCCC. The Morgan fingerprint density at radius 1 is 0.544 bits per heavy atom. The second kappa shape index (κ2) is 43.0. The highest BCUT2D eigenvalue weighted by Crippen LogP contribution is 2.43. The average Bonchev–Trinajstić information content (AvgIpc) is 3.20. The highest BCUT2D eigenvalue weighted by Gasteiger charge is 2.26. The molecule has 0 aliphatic heterocycles. The summed E-state index contributed by atoms with van der Waals surface area (Å²) in [4.78, 5) is 34.9. The molecule has 3 N–H and O–H groups in total. The van der Waals surface area contributed by atoms with E-state index in [1.165, 1.54) is 57.8 Å². The molecule has 0 aromatic rings. The lowest BCUT2D eigenvalue weighted by atomic mass is 10.1. The largest absolute Gasteiger partial charge is 0.472 e. The van der Waals surface area contributed by atoms with Gasteiger partial charge in [-0.3, -0.25) is 18.6 Å². The zero-order chi connectivity index (χ0) is 41.8. The van der Waals surface area contributed by atoms with Crippen molar-refractivity contribution in [1.29, 1.82) is 0 Å². The minimum Gasteiger partial charge on any atom is -0.462 e. The summed E-state index contributed by atoms with van der Waals surface area (Å²) < 4.78 is 32.8. The molecule has 0 rings (SSSR count). The van der Waals surface area contributed by atoms with Crippen LogP contribution in [0.4, 0.5) is 0 Å². The van der Waals surface area contributed by atoms with Gasteiger partial charge in [0.25, 0.3) is 0 Å². The summed E-state index contributed by atoms with van der Waals surface area (Å²) in [6, 6.07) is 0. The Morgan fingerprint density at radius 2 is 0.965 bits per heavy atom. The molecule has 328 valence electrons. The van der Waals surface area contributed by atoms with Crippen LogP contribution >= 0.6 is 7.82 Å². The lowest BCUT2D eigenvalue weighted by molar-refractivity contribution is -0.161. The van der Waals surface area contributed by atoms with Gasteiger partial charge < -0.3 is 20.1 Å². The van der Waals surface area contributed by atoms with Gasteiger partial charge in [0.05, 0.1) is 13.2 Å². The highest BCUT2D eigenvalue weighted by molar-refractivity contribution is 7.47.